The fraction of sp³-hybridized carbons (Fsp3) is 0.462. The third kappa shape index (κ3) is 1.89. The molecule has 4 nitrogen and oxygen atoms in total. The summed E-state index contributed by atoms with van der Waals surface area (Å²) in [5.41, 5.74) is 0.657. The number of halogens is 1. The summed E-state index contributed by atoms with van der Waals surface area (Å²) in [6, 6.07) is 8.22. The molecule has 1 aromatic rings. The lowest BCUT2D eigenvalue weighted by molar-refractivity contribution is -0.171. The third-order valence-corrected chi connectivity index (χ3v) is 4.64. The summed E-state index contributed by atoms with van der Waals surface area (Å²) in [4.78, 5) is 12.8. The normalized spacial score (nSPS) is 30.5. The Balaban J connectivity index is 1.94. The Morgan fingerprint density at radius 1 is 1.44 bits per heavy atom. The zero-order chi connectivity index (χ0) is 12.8. The summed E-state index contributed by atoms with van der Waals surface area (Å²) >= 11 is 2.26. The molecular formula is C13H14INO3. The van der Waals surface area contributed by atoms with Crippen molar-refractivity contribution in [1.82, 2.24) is 4.90 Å². The van der Waals surface area contributed by atoms with Gasteiger partial charge in [-0.1, -0.05) is 12.1 Å². The first-order valence-electron chi connectivity index (χ1n) is 6.00. The summed E-state index contributed by atoms with van der Waals surface area (Å²) in [6.07, 6.45) is 0.957. The molecule has 18 heavy (non-hydrogen) atoms. The van der Waals surface area contributed by atoms with Crippen LogP contribution in [0.3, 0.4) is 0 Å². The van der Waals surface area contributed by atoms with Crippen molar-refractivity contribution in [2.24, 2.45) is 0 Å². The molecule has 0 spiro atoms. The van der Waals surface area contributed by atoms with Crippen molar-refractivity contribution in [1.29, 1.82) is 0 Å². The highest BCUT2D eigenvalue weighted by Gasteiger charge is 2.48. The van der Waals surface area contributed by atoms with E-state index in [-0.39, 0.29) is 6.04 Å². The van der Waals surface area contributed by atoms with Gasteiger partial charge in [0.05, 0.1) is 19.2 Å². The maximum absolute atomic E-state index is 11.2. The predicted molar refractivity (Wildman–Crippen MR) is 74.5 cm³/mol. The van der Waals surface area contributed by atoms with Crippen LogP contribution in [0, 0.1) is 3.57 Å². The number of fused-ring (bicyclic) bond motifs is 3. The van der Waals surface area contributed by atoms with Crippen LogP contribution in [0.1, 0.15) is 18.4 Å². The van der Waals surface area contributed by atoms with Crippen LogP contribution in [-0.2, 0) is 10.3 Å². The molecular weight excluding hydrogens is 345 g/mol. The summed E-state index contributed by atoms with van der Waals surface area (Å²) in [5.74, 6) is 0. The van der Waals surface area contributed by atoms with Gasteiger partial charge in [0.15, 0.2) is 0 Å². The Labute approximate surface area is 119 Å². The summed E-state index contributed by atoms with van der Waals surface area (Å²) in [6.45, 7) is 0.964. The minimum atomic E-state index is -0.835. The Morgan fingerprint density at radius 3 is 2.72 bits per heavy atom. The molecule has 3 heterocycles. The van der Waals surface area contributed by atoms with E-state index in [0.29, 0.717) is 13.2 Å². The van der Waals surface area contributed by atoms with E-state index in [4.69, 9.17) is 4.74 Å². The molecule has 96 valence electrons. The molecule has 3 fully saturated rings. The molecule has 1 N–H and O–H groups in total. The maximum atomic E-state index is 11.2. The van der Waals surface area contributed by atoms with Gasteiger partial charge in [-0.2, -0.15) is 0 Å². The molecule has 0 saturated carbocycles. The van der Waals surface area contributed by atoms with Crippen molar-refractivity contribution < 1.29 is 14.6 Å². The smallest absolute Gasteiger partial charge is 0.407 e. The monoisotopic (exact) mass is 359 g/mol. The van der Waals surface area contributed by atoms with Crippen LogP contribution >= 0.6 is 22.6 Å². The number of hydrogen-bond acceptors (Lipinski definition) is 2. The highest BCUT2D eigenvalue weighted by atomic mass is 127. The van der Waals surface area contributed by atoms with Gasteiger partial charge in [-0.25, -0.2) is 4.79 Å². The van der Waals surface area contributed by atoms with E-state index in [9.17, 15) is 9.90 Å². The fourth-order valence-electron chi connectivity index (χ4n) is 2.88. The Bertz CT molecular complexity index is 466. The van der Waals surface area contributed by atoms with Crippen molar-refractivity contribution in [3.05, 3.63) is 33.4 Å². The number of carbonyl (C=O) groups is 1. The second-order valence-corrected chi connectivity index (χ2v) is 6.16. The molecule has 3 aliphatic heterocycles. The van der Waals surface area contributed by atoms with Gasteiger partial charge >= 0.3 is 6.09 Å². The second kappa shape index (κ2) is 4.38. The Hall–Kier alpha value is -0.820. The van der Waals surface area contributed by atoms with Crippen LogP contribution in [-0.4, -0.2) is 35.3 Å². The number of morpholine rings is 1. The van der Waals surface area contributed by atoms with Gasteiger partial charge in [0.25, 0.3) is 0 Å². The van der Waals surface area contributed by atoms with Crippen molar-refractivity contribution in [3.8, 4) is 0 Å². The van der Waals surface area contributed by atoms with Crippen molar-refractivity contribution in [2.45, 2.75) is 24.5 Å². The molecule has 0 aromatic heterocycles. The standard InChI is InChI=1S/C13H14INO3/c14-10-3-1-9(2-4-10)13-6-5-11(7-18-13)15(8-13)12(16)17/h1-4,11H,5-8H2,(H,16,17). The van der Waals surface area contributed by atoms with Gasteiger partial charge in [0.1, 0.15) is 5.60 Å². The number of hydrogen-bond donors (Lipinski definition) is 1. The molecule has 2 bridgehead atoms. The number of ether oxygens (including phenoxy) is 1. The number of rotatable bonds is 1. The molecule has 3 saturated heterocycles. The van der Waals surface area contributed by atoms with E-state index in [0.717, 1.165) is 18.4 Å². The van der Waals surface area contributed by atoms with E-state index < -0.39 is 11.7 Å². The van der Waals surface area contributed by atoms with E-state index in [2.05, 4.69) is 22.6 Å². The van der Waals surface area contributed by atoms with E-state index >= 15 is 0 Å². The number of benzene rings is 1. The van der Waals surface area contributed by atoms with Crippen LogP contribution < -0.4 is 0 Å². The zero-order valence-electron chi connectivity index (χ0n) is 9.80. The Morgan fingerprint density at radius 2 is 2.17 bits per heavy atom. The number of nitrogens with zero attached hydrogens (tertiary/aromatic N) is 1. The second-order valence-electron chi connectivity index (χ2n) is 4.92. The lowest BCUT2D eigenvalue weighted by Crippen LogP contribution is -2.61. The maximum Gasteiger partial charge on any atom is 0.407 e. The zero-order valence-corrected chi connectivity index (χ0v) is 12.0. The summed E-state index contributed by atoms with van der Waals surface area (Å²) in [5, 5.41) is 9.23. The average molecular weight is 359 g/mol. The quantitative estimate of drug-likeness (QED) is 0.785. The molecule has 0 radical (unpaired) electrons. The first-order valence-corrected chi connectivity index (χ1v) is 7.08. The minimum Gasteiger partial charge on any atom is -0.465 e. The van der Waals surface area contributed by atoms with Crippen LogP contribution in [0.15, 0.2) is 24.3 Å². The molecule has 4 rings (SSSR count). The van der Waals surface area contributed by atoms with Crippen molar-refractivity contribution in [3.63, 3.8) is 0 Å². The van der Waals surface area contributed by atoms with Gasteiger partial charge < -0.3 is 9.84 Å². The van der Waals surface area contributed by atoms with Crippen LogP contribution in [0.2, 0.25) is 0 Å². The topological polar surface area (TPSA) is 49.8 Å². The van der Waals surface area contributed by atoms with Crippen LogP contribution in [0.5, 0.6) is 0 Å². The highest BCUT2D eigenvalue weighted by Crippen LogP contribution is 2.42. The molecule has 2 atom stereocenters. The molecule has 2 unspecified atom stereocenters. The van der Waals surface area contributed by atoms with Crippen LogP contribution in [0.25, 0.3) is 0 Å². The first-order chi connectivity index (χ1) is 8.61. The lowest BCUT2D eigenvalue weighted by Gasteiger charge is -2.51. The summed E-state index contributed by atoms with van der Waals surface area (Å²) < 4.78 is 7.14. The van der Waals surface area contributed by atoms with Gasteiger partial charge in [-0.15, -0.1) is 0 Å². The van der Waals surface area contributed by atoms with Gasteiger partial charge in [-0.05, 0) is 53.1 Å². The van der Waals surface area contributed by atoms with Gasteiger partial charge in [0.2, 0.25) is 0 Å². The average Bonchev–Trinajstić information content (AvgIpc) is 2.40. The van der Waals surface area contributed by atoms with Gasteiger partial charge in [0, 0.05) is 3.57 Å². The minimum absolute atomic E-state index is 0.0354. The molecule has 0 aliphatic carbocycles. The lowest BCUT2D eigenvalue weighted by atomic mass is 9.80. The van der Waals surface area contributed by atoms with E-state index in [1.165, 1.54) is 8.47 Å². The van der Waals surface area contributed by atoms with Crippen molar-refractivity contribution >= 4 is 28.7 Å². The molecule has 1 amide bonds. The predicted octanol–water partition coefficient (Wildman–Crippen LogP) is 2.66. The first kappa shape index (κ1) is 12.2. The molecule has 3 aliphatic rings. The SMILES string of the molecule is O=C(O)N1CC2(c3ccc(I)cc3)CCC1CO2. The van der Waals surface area contributed by atoms with Gasteiger partial charge in [-0.3, -0.25) is 4.90 Å². The Kier molecular flexibility index (Phi) is 2.97. The van der Waals surface area contributed by atoms with E-state index in [1.54, 1.807) is 0 Å². The van der Waals surface area contributed by atoms with Crippen molar-refractivity contribution in [2.75, 3.05) is 13.2 Å². The number of amides is 1. The number of piperidine rings is 1. The largest absolute Gasteiger partial charge is 0.465 e. The van der Waals surface area contributed by atoms with Crippen LogP contribution in [0.4, 0.5) is 4.79 Å². The molecule has 1 aromatic carbocycles. The number of carboxylic acid groups (broad SMARTS) is 1. The highest BCUT2D eigenvalue weighted by molar-refractivity contribution is 14.1. The fourth-order valence-corrected chi connectivity index (χ4v) is 3.24. The summed E-state index contributed by atoms with van der Waals surface area (Å²) in [7, 11) is 0. The molecule has 5 heteroatoms. The van der Waals surface area contributed by atoms with E-state index in [1.807, 2.05) is 24.3 Å². The third-order valence-electron chi connectivity index (χ3n) is 3.92.